The van der Waals surface area contributed by atoms with Crippen LogP contribution in [0.15, 0.2) is 22.8 Å². The van der Waals surface area contributed by atoms with Gasteiger partial charge in [0.2, 0.25) is 0 Å². The summed E-state index contributed by atoms with van der Waals surface area (Å²) in [7, 11) is 1.73. The Balaban J connectivity index is 2.18. The standard InChI is InChI=1S/C21H34O4/c1-11(2)15-8-17(22)21(4)9-16-13(10-25-5)6-7-14(16)12(3)19(23)20(24)18(15)21/h9,11-14,17,19-20,22-24H,6-8,10H2,1-5H3. The minimum atomic E-state index is -0.908. The van der Waals surface area contributed by atoms with Crippen molar-refractivity contribution in [3.8, 4) is 0 Å². The summed E-state index contributed by atoms with van der Waals surface area (Å²) in [5.41, 5.74) is 2.66. The molecule has 0 bridgehead atoms. The van der Waals surface area contributed by atoms with Gasteiger partial charge >= 0.3 is 0 Å². The van der Waals surface area contributed by atoms with Crippen LogP contribution >= 0.6 is 0 Å². The number of hydrogen-bond acceptors (Lipinski definition) is 4. The molecule has 0 aromatic heterocycles. The molecule has 3 rings (SSSR count). The Labute approximate surface area is 151 Å². The molecule has 0 aromatic rings. The lowest BCUT2D eigenvalue weighted by molar-refractivity contribution is -0.0217. The second-order valence-corrected chi connectivity index (χ2v) is 8.87. The lowest BCUT2D eigenvalue weighted by atomic mass is 9.68. The maximum atomic E-state index is 11.0. The van der Waals surface area contributed by atoms with Crippen LogP contribution in [0, 0.1) is 29.1 Å². The van der Waals surface area contributed by atoms with Crippen LogP contribution < -0.4 is 0 Å². The topological polar surface area (TPSA) is 69.9 Å². The number of rotatable bonds is 3. The van der Waals surface area contributed by atoms with E-state index in [-0.39, 0.29) is 17.8 Å². The first-order valence-corrected chi connectivity index (χ1v) is 9.71. The Morgan fingerprint density at radius 2 is 1.92 bits per heavy atom. The van der Waals surface area contributed by atoms with E-state index in [9.17, 15) is 15.3 Å². The van der Waals surface area contributed by atoms with Gasteiger partial charge in [0, 0.05) is 18.4 Å². The molecule has 3 aliphatic rings. The normalized spacial score (nSPS) is 44.4. The maximum Gasteiger partial charge on any atom is 0.102 e. The molecule has 0 aliphatic heterocycles. The van der Waals surface area contributed by atoms with Crippen LogP contribution in [0.2, 0.25) is 0 Å². The molecule has 0 saturated heterocycles. The highest BCUT2D eigenvalue weighted by atomic mass is 16.5. The zero-order valence-electron chi connectivity index (χ0n) is 16.2. The molecule has 0 heterocycles. The van der Waals surface area contributed by atoms with E-state index in [0.717, 1.165) is 24.0 Å². The molecular formula is C21H34O4. The van der Waals surface area contributed by atoms with Crippen molar-refractivity contribution in [3.63, 3.8) is 0 Å². The molecule has 0 amide bonds. The molecule has 0 spiro atoms. The fraction of sp³-hybridized carbons (Fsp3) is 0.810. The van der Waals surface area contributed by atoms with Gasteiger partial charge in [-0.3, -0.25) is 0 Å². The first kappa shape index (κ1) is 19.1. The zero-order valence-corrected chi connectivity index (χ0v) is 16.2. The third-order valence-electron chi connectivity index (χ3n) is 7.08. The monoisotopic (exact) mass is 350 g/mol. The lowest BCUT2D eigenvalue weighted by Gasteiger charge is -2.41. The quantitative estimate of drug-likeness (QED) is 0.685. The number of hydrogen-bond donors (Lipinski definition) is 3. The van der Waals surface area contributed by atoms with Crippen molar-refractivity contribution in [3.05, 3.63) is 22.8 Å². The molecular weight excluding hydrogens is 316 g/mol. The third-order valence-corrected chi connectivity index (χ3v) is 7.08. The third kappa shape index (κ3) is 2.91. The fourth-order valence-corrected chi connectivity index (χ4v) is 5.52. The minimum absolute atomic E-state index is 0.00805. The Morgan fingerprint density at radius 3 is 2.52 bits per heavy atom. The molecule has 1 saturated carbocycles. The van der Waals surface area contributed by atoms with Gasteiger partial charge in [-0.1, -0.05) is 38.0 Å². The summed E-state index contributed by atoms with van der Waals surface area (Å²) in [6.07, 6.45) is 2.59. The van der Waals surface area contributed by atoms with Gasteiger partial charge in [0.25, 0.3) is 0 Å². The number of aliphatic hydroxyl groups is 3. The summed E-state index contributed by atoms with van der Waals surface area (Å²) in [4.78, 5) is 0. The molecule has 0 radical (unpaired) electrons. The van der Waals surface area contributed by atoms with E-state index in [1.807, 2.05) is 13.8 Å². The van der Waals surface area contributed by atoms with Crippen LogP contribution in [0.5, 0.6) is 0 Å². The molecule has 7 unspecified atom stereocenters. The van der Waals surface area contributed by atoms with Crippen molar-refractivity contribution in [2.75, 3.05) is 13.7 Å². The summed E-state index contributed by atoms with van der Waals surface area (Å²) in [5.74, 6) is 0.827. The van der Waals surface area contributed by atoms with Crippen molar-refractivity contribution < 1.29 is 20.1 Å². The first-order chi connectivity index (χ1) is 11.7. The Bertz CT molecular complexity index is 578. The molecule has 142 valence electrons. The van der Waals surface area contributed by atoms with Gasteiger partial charge < -0.3 is 20.1 Å². The smallest absolute Gasteiger partial charge is 0.102 e. The van der Waals surface area contributed by atoms with Crippen molar-refractivity contribution in [1.82, 2.24) is 0 Å². The van der Waals surface area contributed by atoms with E-state index >= 15 is 0 Å². The summed E-state index contributed by atoms with van der Waals surface area (Å²) >= 11 is 0. The molecule has 3 N–H and O–H groups in total. The average Bonchev–Trinajstić information content (AvgIpc) is 3.05. The van der Waals surface area contributed by atoms with Gasteiger partial charge in [-0.25, -0.2) is 0 Å². The summed E-state index contributed by atoms with van der Waals surface area (Å²) in [6.45, 7) is 8.95. The number of fused-ring (bicyclic) bond motifs is 2. The van der Waals surface area contributed by atoms with E-state index in [4.69, 9.17) is 4.74 Å². The molecule has 4 nitrogen and oxygen atoms in total. The van der Waals surface area contributed by atoms with Crippen LogP contribution in [0.1, 0.15) is 47.0 Å². The van der Waals surface area contributed by atoms with Crippen molar-refractivity contribution in [2.45, 2.75) is 65.3 Å². The van der Waals surface area contributed by atoms with Crippen LogP contribution in [0.3, 0.4) is 0 Å². The predicted octanol–water partition coefficient (Wildman–Crippen LogP) is 2.68. The van der Waals surface area contributed by atoms with Crippen LogP contribution in [0.25, 0.3) is 0 Å². The van der Waals surface area contributed by atoms with Gasteiger partial charge in [0.05, 0.1) is 18.8 Å². The Hall–Kier alpha value is -0.680. The highest BCUT2D eigenvalue weighted by molar-refractivity contribution is 5.42. The van der Waals surface area contributed by atoms with Crippen molar-refractivity contribution in [1.29, 1.82) is 0 Å². The fourth-order valence-electron chi connectivity index (χ4n) is 5.52. The van der Waals surface area contributed by atoms with E-state index in [2.05, 4.69) is 19.9 Å². The van der Waals surface area contributed by atoms with E-state index in [1.165, 1.54) is 5.57 Å². The predicted molar refractivity (Wildman–Crippen MR) is 97.9 cm³/mol. The molecule has 4 heteroatoms. The average molecular weight is 350 g/mol. The van der Waals surface area contributed by atoms with E-state index in [1.54, 1.807) is 7.11 Å². The lowest BCUT2D eigenvalue weighted by Crippen LogP contribution is -2.44. The van der Waals surface area contributed by atoms with Crippen LogP contribution in [0.4, 0.5) is 0 Å². The number of aliphatic hydroxyl groups excluding tert-OH is 3. The molecule has 0 aromatic carbocycles. The van der Waals surface area contributed by atoms with Crippen molar-refractivity contribution in [2.24, 2.45) is 29.1 Å². The van der Waals surface area contributed by atoms with Gasteiger partial charge in [0.1, 0.15) is 6.10 Å². The van der Waals surface area contributed by atoms with Crippen LogP contribution in [-0.4, -0.2) is 47.3 Å². The molecule has 7 atom stereocenters. The number of methoxy groups -OCH3 is 1. The summed E-state index contributed by atoms with van der Waals surface area (Å²) in [5, 5.41) is 32.9. The zero-order chi connectivity index (χ0) is 18.5. The first-order valence-electron chi connectivity index (χ1n) is 9.71. The molecule has 25 heavy (non-hydrogen) atoms. The van der Waals surface area contributed by atoms with E-state index < -0.39 is 23.7 Å². The van der Waals surface area contributed by atoms with Crippen LogP contribution in [-0.2, 0) is 4.74 Å². The second-order valence-electron chi connectivity index (χ2n) is 8.87. The van der Waals surface area contributed by atoms with Gasteiger partial charge in [-0.05, 0) is 49.5 Å². The second kappa shape index (κ2) is 6.80. The van der Waals surface area contributed by atoms with Crippen molar-refractivity contribution >= 4 is 0 Å². The largest absolute Gasteiger partial charge is 0.392 e. The summed E-state index contributed by atoms with van der Waals surface area (Å²) < 4.78 is 5.43. The molecule has 1 fully saturated rings. The van der Waals surface area contributed by atoms with Gasteiger partial charge in [-0.2, -0.15) is 0 Å². The Morgan fingerprint density at radius 1 is 1.24 bits per heavy atom. The number of ether oxygens (including phenoxy) is 1. The summed E-state index contributed by atoms with van der Waals surface area (Å²) in [6, 6.07) is 0. The van der Waals surface area contributed by atoms with E-state index in [0.29, 0.717) is 18.9 Å². The van der Waals surface area contributed by atoms with Gasteiger partial charge in [-0.15, -0.1) is 0 Å². The highest BCUT2D eigenvalue weighted by Crippen LogP contribution is 2.54. The minimum Gasteiger partial charge on any atom is -0.392 e. The maximum absolute atomic E-state index is 11.0. The SMILES string of the molecule is COCC1CCC2C1=CC1(C)C(=C(C(C)C)CC1O)C(O)C(O)C2C. The Kier molecular flexibility index (Phi) is 5.20. The molecule has 3 aliphatic carbocycles. The highest BCUT2D eigenvalue weighted by Gasteiger charge is 2.52. The van der Waals surface area contributed by atoms with Gasteiger partial charge in [0.15, 0.2) is 0 Å².